The number of anilines is 1. The highest BCUT2D eigenvalue weighted by Gasteiger charge is 2.39. The fourth-order valence-electron chi connectivity index (χ4n) is 3.28. The molecule has 0 unspecified atom stereocenters. The van der Waals surface area contributed by atoms with Crippen molar-refractivity contribution < 1.29 is 19.7 Å². The van der Waals surface area contributed by atoms with E-state index >= 15 is 0 Å². The number of hydrogen-bond donors (Lipinski definition) is 4. The maximum atomic E-state index is 12.3. The Hall–Kier alpha value is -3.15. The number of nitrogen functional groups attached to an aromatic ring is 1. The molecule has 4 heterocycles. The molecule has 1 aliphatic heterocycles. The molecular weight excluding hydrogens is 378 g/mol. The average molecular weight is 399 g/mol. The number of amides is 1. The first-order chi connectivity index (χ1) is 13.9. The topological polar surface area (TPSA) is 161 Å². The third-order valence-electron chi connectivity index (χ3n) is 4.91. The van der Waals surface area contributed by atoms with Gasteiger partial charge >= 0.3 is 0 Å². The average Bonchev–Trinajstić information content (AvgIpc) is 3.12. The first-order valence-electron chi connectivity index (χ1n) is 9.06. The molecule has 29 heavy (non-hydrogen) atoms. The molecule has 0 bridgehead atoms. The van der Waals surface area contributed by atoms with Crippen LogP contribution >= 0.6 is 0 Å². The van der Waals surface area contributed by atoms with Gasteiger partial charge in [0.15, 0.2) is 11.5 Å². The number of nitrogens with one attached hydrogen (secondary N) is 1. The molecule has 1 fully saturated rings. The SMILES string of the molecule is Cc1ccc(C(=O)N[C@@H]2CO[C@H](Cn3cnc4ncnc(N)c43)[C@@H](O)[C@H]2O)nc1. The number of aryl methyl sites for hydroxylation is 1. The highest BCUT2D eigenvalue weighted by molar-refractivity contribution is 5.92. The molecule has 11 nitrogen and oxygen atoms in total. The lowest BCUT2D eigenvalue weighted by Gasteiger charge is -2.38. The minimum Gasteiger partial charge on any atom is -0.388 e. The quantitative estimate of drug-likeness (QED) is 0.432. The zero-order chi connectivity index (χ0) is 20.5. The van der Waals surface area contributed by atoms with Crippen LogP contribution in [0.25, 0.3) is 11.2 Å². The van der Waals surface area contributed by atoms with Crippen molar-refractivity contribution in [2.75, 3.05) is 12.3 Å². The Labute approximate surface area is 165 Å². The minimum atomic E-state index is -1.23. The molecule has 0 radical (unpaired) electrons. The van der Waals surface area contributed by atoms with Crippen LogP contribution in [0.2, 0.25) is 0 Å². The molecule has 1 saturated heterocycles. The Morgan fingerprint density at radius 3 is 2.86 bits per heavy atom. The highest BCUT2D eigenvalue weighted by Crippen LogP contribution is 2.21. The highest BCUT2D eigenvalue weighted by atomic mass is 16.5. The zero-order valence-corrected chi connectivity index (χ0v) is 15.6. The predicted octanol–water partition coefficient (Wildman–Crippen LogP) is -0.969. The van der Waals surface area contributed by atoms with Gasteiger partial charge in [-0.15, -0.1) is 0 Å². The summed E-state index contributed by atoms with van der Waals surface area (Å²) in [4.78, 5) is 28.5. The fourth-order valence-corrected chi connectivity index (χ4v) is 3.28. The third kappa shape index (κ3) is 3.75. The molecular formula is C18H21N7O4. The third-order valence-corrected chi connectivity index (χ3v) is 4.91. The normalized spacial score (nSPS) is 24.5. The lowest BCUT2D eigenvalue weighted by atomic mass is 9.97. The lowest BCUT2D eigenvalue weighted by molar-refractivity contribution is -0.152. The standard InChI is InChI=1S/C18H21N7O4/c1-9-2-3-10(20-4-9)18(28)24-11-6-29-12(15(27)14(11)26)5-25-8-23-17-13(25)16(19)21-7-22-17/h2-4,7-8,11-12,14-15,26-27H,5-6H2,1H3,(H,24,28)(H2,19,21,22)/t11-,12-,14+,15-/m1/s1. The number of hydrogen-bond acceptors (Lipinski definition) is 9. The van der Waals surface area contributed by atoms with Crippen molar-refractivity contribution in [1.29, 1.82) is 0 Å². The molecule has 11 heteroatoms. The van der Waals surface area contributed by atoms with Crippen molar-refractivity contribution in [3.63, 3.8) is 0 Å². The number of nitrogens with zero attached hydrogens (tertiary/aromatic N) is 5. The number of carbonyl (C=O) groups is 1. The molecule has 152 valence electrons. The van der Waals surface area contributed by atoms with Gasteiger partial charge in [0, 0.05) is 6.20 Å². The van der Waals surface area contributed by atoms with Crippen LogP contribution in [0.15, 0.2) is 31.0 Å². The van der Waals surface area contributed by atoms with Crippen molar-refractivity contribution >= 4 is 22.9 Å². The van der Waals surface area contributed by atoms with Crippen molar-refractivity contribution in [2.24, 2.45) is 0 Å². The smallest absolute Gasteiger partial charge is 0.270 e. The summed E-state index contributed by atoms with van der Waals surface area (Å²) >= 11 is 0. The van der Waals surface area contributed by atoms with Gasteiger partial charge in [-0.3, -0.25) is 9.78 Å². The van der Waals surface area contributed by atoms with Crippen molar-refractivity contribution in [3.05, 3.63) is 42.2 Å². The van der Waals surface area contributed by atoms with Crippen molar-refractivity contribution in [3.8, 4) is 0 Å². The van der Waals surface area contributed by atoms with E-state index in [1.54, 1.807) is 22.9 Å². The summed E-state index contributed by atoms with van der Waals surface area (Å²) in [5.74, 6) is -0.192. The van der Waals surface area contributed by atoms with Gasteiger partial charge in [0.1, 0.15) is 35.8 Å². The first kappa shape index (κ1) is 19.2. The Bertz CT molecular complexity index is 1020. The second-order valence-corrected chi connectivity index (χ2v) is 6.98. The summed E-state index contributed by atoms with van der Waals surface area (Å²) in [6.07, 6.45) is 1.25. The Morgan fingerprint density at radius 2 is 2.10 bits per heavy atom. The van der Waals surface area contributed by atoms with Crippen molar-refractivity contribution in [2.45, 2.75) is 37.8 Å². The van der Waals surface area contributed by atoms with Crippen LogP contribution < -0.4 is 11.1 Å². The summed E-state index contributed by atoms with van der Waals surface area (Å²) < 4.78 is 7.38. The molecule has 0 aliphatic carbocycles. The van der Waals surface area contributed by atoms with Gasteiger partial charge in [0.05, 0.1) is 25.5 Å². The molecule has 0 spiro atoms. The van der Waals surface area contributed by atoms with Crippen LogP contribution in [0.4, 0.5) is 5.82 Å². The van der Waals surface area contributed by atoms with Gasteiger partial charge in [0.2, 0.25) is 0 Å². The number of imidazole rings is 1. The van der Waals surface area contributed by atoms with E-state index in [9.17, 15) is 15.0 Å². The van der Waals surface area contributed by atoms with Gasteiger partial charge in [-0.05, 0) is 18.6 Å². The monoisotopic (exact) mass is 399 g/mol. The molecule has 0 aromatic carbocycles. The number of aliphatic hydroxyl groups excluding tert-OH is 2. The number of ether oxygens (including phenoxy) is 1. The maximum absolute atomic E-state index is 12.3. The summed E-state index contributed by atoms with van der Waals surface area (Å²) in [6.45, 7) is 2.08. The molecule has 3 aromatic heterocycles. The zero-order valence-electron chi connectivity index (χ0n) is 15.6. The van der Waals surface area contributed by atoms with Crippen LogP contribution in [0.3, 0.4) is 0 Å². The number of fused-ring (bicyclic) bond motifs is 1. The van der Waals surface area contributed by atoms with E-state index in [1.807, 2.05) is 6.92 Å². The Morgan fingerprint density at radius 1 is 1.28 bits per heavy atom. The largest absolute Gasteiger partial charge is 0.388 e. The van der Waals surface area contributed by atoms with E-state index in [2.05, 4.69) is 25.3 Å². The van der Waals surface area contributed by atoms with E-state index in [4.69, 9.17) is 10.5 Å². The van der Waals surface area contributed by atoms with Crippen molar-refractivity contribution in [1.82, 2.24) is 29.8 Å². The summed E-state index contributed by atoms with van der Waals surface area (Å²) in [5, 5.41) is 23.7. The van der Waals surface area contributed by atoms with E-state index in [-0.39, 0.29) is 24.7 Å². The van der Waals surface area contributed by atoms with Gasteiger partial charge in [-0.25, -0.2) is 15.0 Å². The first-order valence-corrected chi connectivity index (χ1v) is 9.06. The molecule has 0 saturated carbocycles. The van der Waals surface area contributed by atoms with Crippen LogP contribution in [-0.4, -0.2) is 71.6 Å². The van der Waals surface area contributed by atoms with Crippen LogP contribution in [0, 0.1) is 6.92 Å². The number of carbonyl (C=O) groups excluding carboxylic acids is 1. The number of aliphatic hydroxyl groups is 2. The molecule has 3 aromatic rings. The fraction of sp³-hybridized carbons (Fsp3) is 0.389. The van der Waals surface area contributed by atoms with Gasteiger partial charge in [-0.1, -0.05) is 6.07 Å². The molecule has 5 N–H and O–H groups in total. The van der Waals surface area contributed by atoms with Gasteiger partial charge in [-0.2, -0.15) is 0 Å². The van der Waals surface area contributed by atoms with Gasteiger partial charge < -0.3 is 30.6 Å². The summed E-state index contributed by atoms with van der Waals surface area (Å²) in [5.41, 5.74) is 8.00. The second-order valence-electron chi connectivity index (χ2n) is 6.98. The van der Waals surface area contributed by atoms with Crippen LogP contribution in [0.5, 0.6) is 0 Å². The number of rotatable bonds is 4. The molecule has 4 rings (SSSR count). The van der Waals surface area contributed by atoms with Gasteiger partial charge in [0.25, 0.3) is 5.91 Å². The Balaban J connectivity index is 1.43. The van der Waals surface area contributed by atoms with E-state index in [0.29, 0.717) is 11.2 Å². The molecule has 1 aliphatic rings. The number of pyridine rings is 1. The Kier molecular flexibility index (Phi) is 5.09. The predicted molar refractivity (Wildman–Crippen MR) is 102 cm³/mol. The summed E-state index contributed by atoms with van der Waals surface area (Å²) in [6, 6.07) is 2.59. The van der Waals surface area contributed by atoms with E-state index in [1.165, 1.54) is 12.7 Å². The maximum Gasteiger partial charge on any atom is 0.270 e. The second kappa shape index (κ2) is 7.70. The number of aromatic nitrogens is 5. The molecule has 1 amide bonds. The van der Waals surface area contributed by atoms with Crippen LogP contribution in [-0.2, 0) is 11.3 Å². The lowest BCUT2D eigenvalue weighted by Crippen LogP contribution is -2.60. The molecule has 4 atom stereocenters. The van der Waals surface area contributed by atoms with E-state index in [0.717, 1.165) is 5.56 Å². The van der Waals surface area contributed by atoms with E-state index < -0.39 is 30.3 Å². The summed E-state index contributed by atoms with van der Waals surface area (Å²) in [7, 11) is 0. The van der Waals surface area contributed by atoms with Crippen LogP contribution in [0.1, 0.15) is 16.1 Å². The minimum absolute atomic E-state index is 0.0269. The number of nitrogens with two attached hydrogens (primary N) is 1.